The predicted octanol–water partition coefficient (Wildman–Crippen LogP) is 3.99. The molecule has 100 valence electrons. The number of fused-ring (bicyclic) bond motifs is 1. The molecule has 1 atom stereocenters. The Morgan fingerprint density at radius 3 is 2.89 bits per heavy atom. The molecule has 0 spiro atoms. The number of rotatable bonds is 3. The van der Waals surface area contributed by atoms with E-state index in [0.717, 1.165) is 18.5 Å². The molecule has 1 aliphatic rings. The molecule has 2 aromatic rings. The molecule has 5 heteroatoms. The molecular weight excluding hydrogens is 262 g/mol. The smallest absolute Gasteiger partial charge is 0.320 e. The number of aromatic nitrogens is 2. The Labute approximate surface area is 117 Å². The summed E-state index contributed by atoms with van der Waals surface area (Å²) in [5.41, 5.74) is 3.85. The minimum atomic E-state index is -0.271. The van der Waals surface area contributed by atoms with Crippen molar-refractivity contribution in [3.63, 3.8) is 0 Å². The van der Waals surface area contributed by atoms with Crippen LogP contribution in [0.25, 0.3) is 0 Å². The van der Waals surface area contributed by atoms with Crippen LogP contribution in [0.3, 0.4) is 0 Å². The van der Waals surface area contributed by atoms with Crippen molar-refractivity contribution in [3.05, 3.63) is 35.2 Å². The van der Waals surface area contributed by atoms with Gasteiger partial charge in [-0.05, 0) is 49.8 Å². The van der Waals surface area contributed by atoms with Gasteiger partial charge in [0.2, 0.25) is 5.89 Å². The molecule has 19 heavy (non-hydrogen) atoms. The molecular formula is C14H16ClN3O. The summed E-state index contributed by atoms with van der Waals surface area (Å²) in [6, 6.07) is 6.72. The lowest BCUT2D eigenvalue weighted by molar-refractivity contribution is 0.509. The van der Waals surface area contributed by atoms with Gasteiger partial charge in [0.05, 0.1) is 0 Å². The Balaban J connectivity index is 1.86. The van der Waals surface area contributed by atoms with Crippen molar-refractivity contribution in [1.29, 1.82) is 0 Å². The highest BCUT2D eigenvalue weighted by Crippen LogP contribution is 2.30. The zero-order valence-electron chi connectivity index (χ0n) is 10.8. The maximum Gasteiger partial charge on any atom is 0.320 e. The second-order valence-electron chi connectivity index (χ2n) is 4.84. The van der Waals surface area contributed by atoms with Crippen LogP contribution >= 0.6 is 11.6 Å². The van der Waals surface area contributed by atoms with Gasteiger partial charge in [-0.1, -0.05) is 17.2 Å². The van der Waals surface area contributed by atoms with Gasteiger partial charge in [0, 0.05) is 5.69 Å². The highest BCUT2D eigenvalue weighted by atomic mass is 35.5. The van der Waals surface area contributed by atoms with E-state index in [1.165, 1.54) is 24.0 Å². The Hall–Kier alpha value is -1.55. The van der Waals surface area contributed by atoms with E-state index in [4.69, 9.17) is 16.0 Å². The lowest BCUT2D eigenvalue weighted by Gasteiger charge is -2.18. The average molecular weight is 278 g/mol. The van der Waals surface area contributed by atoms with Crippen LogP contribution in [0, 0.1) is 0 Å². The first-order chi connectivity index (χ1) is 9.24. The quantitative estimate of drug-likeness (QED) is 0.862. The highest BCUT2D eigenvalue weighted by molar-refractivity contribution is 6.20. The maximum atomic E-state index is 5.91. The van der Waals surface area contributed by atoms with Gasteiger partial charge in [-0.2, -0.15) is 0 Å². The highest BCUT2D eigenvalue weighted by Gasteiger charge is 2.15. The van der Waals surface area contributed by atoms with E-state index in [1.54, 1.807) is 0 Å². The van der Waals surface area contributed by atoms with Crippen LogP contribution in [-0.4, -0.2) is 10.2 Å². The Morgan fingerprint density at radius 2 is 2.11 bits per heavy atom. The van der Waals surface area contributed by atoms with Crippen LogP contribution in [0.2, 0.25) is 0 Å². The summed E-state index contributed by atoms with van der Waals surface area (Å²) in [6.45, 7) is 1.81. The molecule has 0 saturated heterocycles. The summed E-state index contributed by atoms with van der Waals surface area (Å²) in [7, 11) is 0. The minimum Gasteiger partial charge on any atom is -0.406 e. The Morgan fingerprint density at radius 1 is 1.26 bits per heavy atom. The molecule has 0 saturated carbocycles. The molecule has 1 heterocycles. The van der Waals surface area contributed by atoms with Crippen molar-refractivity contribution in [1.82, 2.24) is 10.2 Å². The summed E-state index contributed by atoms with van der Waals surface area (Å²) < 4.78 is 5.47. The number of benzene rings is 1. The van der Waals surface area contributed by atoms with Crippen LogP contribution in [0.15, 0.2) is 22.6 Å². The van der Waals surface area contributed by atoms with Crippen LogP contribution in [0.1, 0.15) is 42.2 Å². The minimum absolute atomic E-state index is 0.271. The van der Waals surface area contributed by atoms with Crippen molar-refractivity contribution in [2.75, 3.05) is 5.32 Å². The normalized spacial score (nSPS) is 15.9. The predicted molar refractivity (Wildman–Crippen MR) is 74.9 cm³/mol. The number of halogens is 1. The number of hydrogen-bond acceptors (Lipinski definition) is 4. The number of nitrogens with one attached hydrogen (secondary N) is 1. The monoisotopic (exact) mass is 277 g/mol. The molecule has 4 nitrogen and oxygen atoms in total. The van der Waals surface area contributed by atoms with Crippen molar-refractivity contribution >= 4 is 23.3 Å². The van der Waals surface area contributed by atoms with E-state index in [-0.39, 0.29) is 5.38 Å². The molecule has 1 aromatic heterocycles. The largest absolute Gasteiger partial charge is 0.406 e. The van der Waals surface area contributed by atoms with Gasteiger partial charge in [0.1, 0.15) is 5.38 Å². The lowest BCUT2D eigenvalue weighted by atomic mass is 9.90. The first-order valence-corrected chi connectivity index (χ1v) is 7.03. The standard InChI is InChI=1S/C14H16ClN3O/c1-9(15)13-17-18-14(19-13)16-12-8-4-6-10-5-2-3-7-11(10)12/h4,6,8-9H,2-3,5,7H2,1H3,(H,16,18). The van der Waals surface area contributed by atoms with E-state index >= 15 is 0 Å². The van der Waals surface area contributed by atoms with Gasteiger partial charge in [0.15, 0.2) is 0 Å². The Bertz CT molecular complexity index is 580. The zero-order chi connectivity index (χ0) is 13.2. The second kappa shape index (κ2) is 5.21. The van der Waals surface area contributed by atoms with E-state index in [0.29, 0.717) is 11.9 Å². The van der Waals surface area contributed by atoms with E-state index < -0.39 is 0 Å². The van der Waals surface area contributed by atoms with Gasteiger partial charge in [-0.3, -0.25) is 0 Å². The number of hydrogen-bond donors (Lipinski definition) is 1. The molecule has 0 radical (unpaired) electrons. The van der Waals surface area contributed by atoms with Crippen LogP contribution in [0.5, 0.6) is 0 Å². The fourth-order valence-electron chi connectivity index (χ4n) is 2.46. The van der Waals surface area contributed by atoms with Gasteiger partial charge >= 0.3 is 6.01 Å². The summed E-state index contributed by atoms with van der Waals surface area (Å²) in [6.07, 6.45) is 4.76. The van der Waals surface area contributed by atoms with Crippen LogP contribution in [0.4, 0.5) is 11.7 Å². The molecule has 0 aliphatic heterocycles. The fourth-order valence-corrected chi connectivity index (χ4v) is 2.55. The van der Waals surface area contributed by atoms with Gasteiger partial charge in [0.25, 0.3) is 0 Å². The first-order valence-electron chi connectivity index (χ1n) is 6.59. The van der Waals surface area contributed by atoms with Gasteiger partial charge in [-0.25, -0.2) is 0 Å². The molecule has 1 unspecified atom stereocenters. The molecule has 0 amide bonds. The van der Waals surface area contributed by atoms with Crippen LogP contribution in [-0.2, 0) is 12.8 Å². The van der Waals surface area contributed by atoms with Crippen molar-refractivity contribution < 1.29 is 4.42 Å². The van der Waals surface area contributed by atoms with E-state index in [9.17, 15) is 0 Å². The number of nitrogens with zero attached hydrogens (tertiary/aromatic N) is 2. The first kappa shape index (κ1) is 12.5. The number of alkyl halides is 1. The Kier molecular flexibility index (Phi) is 3.42. The van der Waals surface area contributed by atoms with Crippen molar-refractivity contribution in [2.45, 2.75) is 38.0 Å². The van der Waals surface area contributed by atoms with E-state index in [1.807, 2.05) is 6.92 Å². The lowest BCUT2D eigenvalue weighted by Crippen LogP contribution is -2.06. The molecule has 3 rings (SSSR count). The van der Waals surface area contributed by atoms with Crippen molar-refractivity contribution in [3.8, 4) is 0 Å². The van der Waals surface area contributed by atoms with E-state index in [2.05, 4.69) is 33.7 Å². The third-order valence-corrected chi connectivity index (χ3v) is 3.61. The summed E-state index contributed by atoms with van der Waals surface area (Å²) in [4.78, 5) is 0. The number of aryl methyl sites for hydroxylation is 1. The SMILES string of the molecule is CC(Cl)c1nnc(Nc2cccc3c2CCCC3)o1. The average Bonchev–Trinajstić information content (AvgIpc) is 2.88. The third-order valence-electron chi connectivity index (χ3n) is 3.42. The zero-order valence-corrected chi connectivity index (χ0v) is 11.6. The summed E-state index contributed by atoms with van der Waals surface area (Å²) in [5, 5.41) is 10.8. The van der Waals surface area contributed by atoms with Crippen molar-refractivity contribution in [2.24, 2.45) is 0 Å². The fraction of sp³-hybridized carbons (Fsp3) is 0.429. The van der Waals surface area contributed by atoms with Crippen LogP contribution < -0.4 is 5.32 Å². The molecule has 1 N–H and O–H groups in total. The molecule has 1 aromatic carbocycles. The second-order valence-corrected chi connectivity index (χ2v) is 5.49. The number of anilines is 2. The molecule has 1 aliphatic carbocycles. The maximum absolute atomic E-state index is 5.91. The third kappa shape index (κ3) is 2.59. The summed E-state index contributed by atoms with van der Waals surface area (Å²) >= 11 is 5.91. The molecule has 0 fully saturated rings. The summed E-state index contributed by atoms with van der Waals surface area (Å²) in [5.74, 6) is 0.439. The molecule has 0 bridgehead atoms. The topological polar surface area (TPSA) is 51.0 Å². The van der Waals surface area contributed by atoms with Gasteiger partial charge in [-0.15, -0.1) is 16.7 Å². The van der Waals surface area contributed by atoms with Gasteiger partial charge < -0.3 is 9.73 Å².